The average Bonchev–Trinajstić information content (AvgIpc) is 2.52. The van der Waals surface area contributed by atoms with Crippen LogP contribution in [0.3, 0.4) is 0 Å². The molecule has 4 nitrogen and oxygen atoms in total. The monoisotopic (exact) mass is 342 g/mol. The van der Waals surface area contributed by atoms with Crippen LogP contribution >= 0.6 is 11.8 Å². The van der Waals surface area contributed by atoms with Crippen molar-refractivity contribution in [2.24, 2.45) is 0 Å². The molecule has 126 valence electrons. The molecule has 0 saturated heterocycles. The molecule has 0 aliphatic carbocycles. The number of nitrogens with one attached hydrogen (secondary N) is 2. The minimum atomic E-state index is -0.138. The Bertz CT molecular complexity index is 724. The first-order valence-corrected chi connectivity index (χ1v) is 8.78. The Morgan fingerprint density at radius 2 is 1.79 bits per heavy atom. The highest BCUT2D eigenvalue weighted by Gasteiger charge is 2.06. The zero-order valence-corrected chi connectivity index (χ0v) is 14.7. The van der Waals surface area contributed by atoms with Gasteiger partial charge in [0.05, 0.1) is 11.4 Å². The molecule has 0 heterocycles. The molecule has 0 aromatic heterocycles. The summed E-state index contributed by atoms with van der Waals surface area (Å²) in [6.45, 7) is 7.96. The predicted molar refractivity (Wildman–Crippen MR) is 100 cm³/mol. The van der Waals surface area contributed by atoms with E-state index in [9.17, 15) is 9.90 Å². The van der Waals surface area contributed by atoms with Crippen molar-refractivity contribution in [1.29, 1.82) is 0 Å². The maximum Gasteiger partial charge on any atom is 0.248 e. The Labute approximate surface area is 147 Å². The van der Waals surface area contributed by atoms with Gasteiger partial charge in [0.15, 0.2) is 0 Å². The van der Waals surface area contributed by atoms with Crippen molar-refractivity contribution in [2.45, 2.75) is 19.6 Å². The molecule has 0 bridgehead atoms. The third-order valence-corrected chi connectivity index (χ3v) is 4.37. The smallest absolute Gasteiger partial charge is 0.248 e. The molecule has 1 amide bonds. The fraction of sp³-hybridized carbons (Fsp3) is 0.211. The highest BCUT2D eigenvalue weighted by atomic mass is 32.2. The molecule has 0 unspecified atom stereocenters. The third-order valence-electron chi connectivity index (χ3n) is 3.37. The summed E-state index contributed by atoms with van der Waals surface area (Å²) in [5, 5.41) is 9.74. The van der Waals surface area contributed by atoms with Crippen LogP contribution in [0, 0.1) is 13.8 Å². The van der Waals surface area contributed by atoms with Gasteiger partial charge in [-0.15, -0.1) is 11.8 Å². The standard InChI is InChI=1S/C19H22N2O2S/c1-13-8-14(2)10-16(9-13)11-24-12-19(23)21-20-15(3)17-6-4-5-7-18(17)22/h4-10,20,22H,3,11-12H2,1-2H3,(H,21,23). The predicted octanol–water partition coefficient (Wildman–Crippen LogP) is 3.53. The second-order valence-electron chi connectivity index (χ2n) is 5.66. The van der Waals surface area contributed by atoms with Gasteiger partial charge in [0.1, 0.15) is 5.75 Å². The number of aryl methyl sites for hydroxylation is 2. The number of phenols is 1. The van der Waals surface area contributed by atoms with Gasteiger partial charge in [-0.3, -0.25) is 15.6 Å². The van der Waals surface area contributed by atoms with Crippen molar-refractivity contribution >= 4 is 23.4 Å². The van der Waals surface area contributed by atoms with Crippen molar-refractivity contribution < 1.29 is 9.90 Å². The van der Waals surface area contributed by atoms with E-state index in [1.807, 2.05) is 0 Å². The van der Waals surface area contributed by atoms with Crippen molar-refractivity contribution in [2.75, 3.05) is 5.75 Å². The van der Waals surface area contributed by atoms with E-state index in [1.54, 1.807) is 36.0 Å². The molecule has 24 heavy (non-hydrogen) atoms. The first kappa shape index (κ1) is 17.9. The van der Waals surface area contributed by atoms with E-state index in [2.05, 4.69) is 49.5 Å². The Kier molecular flexibility index (Phi) is 6.32. The Hall–Kier alpha value is -2.40. The molecule has 2 aromatic rings. The number of rotatable bonds is 7. The maximum absolute atomic E-state index is 11.9. The Balaban J connectivity index is 1.75. The quantitative estimate of drug-likeness (QED) is 0.674. The fourth-order valence-electron chi connectivity index (χ4n) is 2.39. The number of benzene rings is 2. The number of hydrazine groups is 1. The van der Waals surface area contributed by atoms with Gasteiger partial charge >= 0.3 is 0 Å². The largest absolute Gasteiger partial charge is 0.507 e. The van der Waals surface area contributed by atoms with Crippen molar-refractivity contribution in [3.63, 3.8) is 0 Å². The second kappa shape index (κ2) is 8.45. The summed E-state index contributed by atoms with van der Waals surface area (Å²) in [5.74, 6) is 1.11. The molecule has 2 aromatic carbocycles. The summed E-state index contributed by atoms with van der Waals surface area (Å²) >= 11 is 1.55. The maximum atomic E-state index is 11.9. The first-order chi connectivity index (χ1) is 11.5. The Morgan fingerprint density at radius 1 is 1.12 bits per heavy atom. The van der Waals surface area contributed by atoms with Gasteiger partial charge in [0.2, 0.25) is 5.91 Å². The van der Waals surface area contributed by atoms with Gasteiger partial charge in [-0.2, -0.15) is 0 Å². The highest BCUT2D eigenvalue weighted by molar-refractivity contribution is 7.99. The van der Waals surface area contributed by atoms with E-state index in [-0.39, 0.29) is 11.7 Å². The van der Waals surface area contributed by atoms with Crippen LogP contribution in [0.25, 0.3) is 5.70 Å². The number of carbonyl (C=O) groups is 1. The summed E-state index contributed by atoms with van der Waals surface area (Å²) < 4.78 is 0. The van der Waals surface area contributed by atoms with E-state index in [4.69, 9.17) is 0 Å². The molecule has 0 aliphatic heterocycles. The lowest BCUT2D eigenvalue weighted by Gasteiger charge is -2.12. The molecule has 0 radical (unpaired) electrons. The van der Waals surface area contributed by atoms with Crippen molar-refractivity contribution in [3.8, 4) is 5.75 Å². The summed E-state index contributed by atoms with van der Waals surface area (Å²) in [6.07, 6.45) is 0. The SMILES string of the molecule is C=C(NNC(=O)CSCc1cc(C)cc(C)c1)c1ccccc1O. The van der Waals surface area contributed by atoms with Gasteiger partial charge in [0.25, 0.3) is 0 Å². The van der Waals surface area contributed by atoms with Crippen molar-refractivity contribution in [1.82, 2.24) is 10.9 Å². The number of aromatic hydroxyl groups is 1. The van der Waals surface area contributed by atoms with Gasteiger partial charge in [-0.25, -0.2) is 0 Å². The summed E-state index contributed by atoms with van der Waals surface area (Å²) in [4.78, 5) is 11.9. The number of para-hydroxylation sites is 1. The minimum Gasteiger partial charge on any atom is -0.507 e. The number of hydrogen-bond acceptors (Lipinski definition) is 4. The molecular weight excluding hydrogens is 320 g/mol. The molecule has 0 fully saturated rings. The lowest BCUT2D eigenvalue weighted by molar-refractivity contribution is -0.119. The molecule has 0 saturated carbocycles. The number of amides is 1. The van der Waals surface area contributed by atoms with Gasteiger partial charge in [-0.05, 0) is 31.5 Å². The van der Waals surface area contributed by atoms with Gasteiger partial charge in [0, 0.05) is 11.3 Å². The molecule has 0 atom stereocenters. The van der Waals surface area contributed by atoms with Crippen LogP contribution in [-0.4, -0.2) is 16.8 Å². The molecule has 0 spiro atoms. The molecule has 5 heteroatoms. The van der Waals surface area contributed by atoms with E-state index >= 15 is 0 Å². The zero-order valence-electron chi connectivity index (χ0n) is 13.9. The van der Waals surface area contributed by atoms with Crippen LogP contribution in [0.2, 0.25) is 0 Å². The average molecular weight is 342 g/mol. The zero-order chi connectivity index (χ0) is 17.5. The van der Waals surface area contributed by atoms with Crippen LogP contribution in [-0.2, 0) is 10.5 Å². The summed E-state index contributed by atoms with van der Waals surface area (Å²) in [7, 11) is 0. The second-order valence-corrected chi connectivity index (χ2v) is 6.64. The third kappa shape index (κ3) is 5.35. The van der Waals surface area contributed by atoms with Gasteiger partial charge in [-0.1, -0.05) is 48.0 Å². The number of carbonyl (C=O) groups excluding carboxylic acids is 1. The summed E-state index contributed by atoms with van der Waals surface area (Å²) in [5.41, 5.74) is 10.0. The van der Waals surface area contributed by atoms with Crippen LogP contribution in [0.15, 0.2) is 49.0 Å². The minimum absolute atomic E-state index is 0.119. The number of hydrogen-bond donors (Lipinski definition) is 3. The lowest BCUT2D eigenvalue weighted by atomic mass is 10.1. The van der Waals surface area contributed by atoms with E-state index in [0.29, 0.717) is 17.0 Å². The van der Waals surface area contributed by atoms with Crippen LogP contribution in [0.5, 0.6) is 5.75 Å². The molecular formula is C19H22N2O2S. The molecule has 3 N–H and O–H groups in total. The fourth-order valence-corrected chi connectivity index (χ4v) is 3.15. The van der Waals surface area contributed by atoms with E-state index < -0.39 is 0 Å². The van der Waals surface area contributed by atoms with Gasteiger partial charge < -0.3 is 5.11 Å². The van der Waals surface area contributed by atoms with E-state index in [0.717, 1.165) is 5.75 Å². The number of phenolic OH excluding ortho intramolecular Hbond substituents is 1. The van der Waals surface area contributed by atoms with Crippen LogP contribution in [0.4, 0.5) is 0 Å². The summed E-state index contributed by atoms with van der Waals surface area (Å²) in [6, 6.07) is 13.2. The van der Waals surface area contributed by atoms with Crippen molar-refractivity contribution in [3.05, 3.63) is 71.3 Å². The Morgan fingerprint density at radius 3 is 2.46 bits per heavy atom. The number of thioether (sulfide) groups is 1. The van der Waals surface area contributed by atoms with Crippen LogP contribution in [0.1, 0.15) is 22.3 Å². The molecule has 2 rings (SSSR count). The lowest BCUT2D eigenvalue weighted by Crippen LogP contribution is -2.37. The first-order valence-electron chi connectivity index (χ1n) is 7.63. The van der Waals surface area contributed by atoms with Crippen LogP contribution < -0.4 is 10.9 Å². The topological polar surface area (TPSA) is 61.4 Å². The normalized spacial score (nSPS) is 10.2. The molecule has 0 aliphatic rings. The highest BCUT2D eigenvalue weighted by Crippen LogP contribution is 2.21. The van der Waals surface area contributed by atoms with E-state index in [1.165, 1.54) is 16.7 Å².